The average molecular weight is 380 g/mol. The maximum atomic E-state index is 12.2. The Hall–Kier alpha value is -2.86. The van der Waals surface area contributed by atoms with Gasteiger partial charge in [-0.25, -0.2) is 4.79 Å². The van der Waals surface area contributed by atoms with E-state index in [9.17, 15) is 9.59 Å². The van der Waals surface area contributed by atoms with E-state index in [2.05, 4.69) is 21.3 Å². The van der Waals surface area contributed by atoms with Crippen molar-refractivity contribution in [1.29, 1.82) is 0 Å². The number of hydrogen-bond acceptors (Lipinski definition) is 3. The molecular weight excluding hydrogens is 352 g/mol. The molecule has 2 aromatic rings. The van der Waals surface area contributed by atoms with E-state index in [1.54, 1.807) is 0 Å². The van der Waals surface area contributed by atoms with Gasteiger partial charge in [-0.3, -0.25) is 4.79 Å². The number of nitrogens with one attached hydrogen (secondary N) is 4. The zero-order chi connectivity index (χ0) is 19.8. The Bertz CT molecular complexity index is 816. The third-order valence-corrected chi connectivity index (χ3v) is 4.89. The molecule has 0 aromatic heterocycles. The van der Waals surface area contributed by atoms with E-state index in [1.165, 1.54) is 0 Å². The van der Waals surface area contributed by atoms with Crippen molar-refractivity contribution < 1.29 is 9.59 Å². The third kappa shape index (κ3) is 6.39. The van der Waals surface area contributed by atoms with Crippen molar-refractivity contribution in [2.75, 3.05) is 23.7 Å². The van der Waals surface area contributed by atoms with Gasteiger partial charge < -0.3 is 21.3 Å². The highest BCUT2D eigenvalue weighted by Crippen LogP contribution is 2.15. The minimum atomic E-state index is -0.294. The molecule has 1 aliphatic rings. The molecule has 1 unspecified atom stereocenters. The summed E-state index contributed by atoms with van der Waals surface area (Å²) in [5, 5.41) is 11.9. The summed E-state index contributed by atoms with van der Waals surface area (Å²) in [7, 11) is 0. The molecule has 1 fully saturated rings. The lowest BCUT2D eigenvalue weighted by atomic mass is 10.0. The smallest absolute Gasteiger partial charge is 0.323 e. The maximum absolute atomic E-state index is 12.2. The first-order valence-corrected chi connectivity index (χ1v) is 9.79. The maximum Gasteiger partial charge on any atom is 0.323 e. The highest BCUT2D eigenvalue weighted by Gasteiger charge is 2.15. The molecule has 28 heavy (non-hydrogen) atoms. The number of carbonyl (C=O) groups is 2. The Labute approximate surface area is 166 Å². The highest BCUT2D eigenvalue weighted by atomic mass is 16.2. The van der Waals surface area contributed by atoms with Crippen LogP contribution < -0.4 is 21.3 Å². The highest BCUT2D eigenvalue weighted by molar-refractivity contribution is 5.99. The van der Waals surface area contributed by atoms with Gasteiger partial charge in [0, 0.05) is 24.3 Å². The van der Waals surface area contributed by atoms with Crippen molar-refractivity contribution in [1.82, 2.24) is 10.6 Å². The van der Waals surface area contributed by atoms with Crippen molar-refractivity contribution >= 4 is 23.3 Å². The van der Waals surface area contributed by atoms with Gasteiger partial charge in [0.2, 0.25) is 5.91 Å². The van der Waals surface area contributed by atoms with Gasteiger partial charge in [0.25, 0.3) is 0 Å². The predicted octanol–water partition coefficient (Wildman–Crippen LogP) is 3.64. The molecule has 0 aliphatic carbocycles. The summed E-state index contributed by atoms with van der Waals surface area (Å²) in [5.74, 6) is 0.688. The second-order valence-corrected chi connectivity index (χ2v) is 7.32. The molecule has 1 atom stereocenters. The summed E-state index contributed by atoms with van der Waals surface area (Å²) in [4.78, 5) is 24.2. The van der Waals surface area contributed by atoms with Crippen LogP contribution in [0.1, 0.15) is 30.4 Å². The molecular formula is C22H28N4O2. The predicted molar refractivity (Wildman–Crippen MR) is 112 cm³/mol. The fourth-order valence-electron chi connectivity index (χ4n) is 3.36. The topological polar surface area (TPSA) is 82.3 Å². The molecule has 0 spiro atoms. The van der Waals surface area contributed by atoms with E-state index in [4.69, 9.17) is 0 Å². The lowest BCUT2D eigenvalue weighted by Gasteiger charge is -2.11. The second kappa shape index (κ2) is 9.90. The lowest BCUT2D eigenvalue weighted by molar-refractivity contribution is -0.121. The number of carbonyl (C=O) groups excluding carboxylic acids is 2. The molecule has 148 valence electrons. The monoisotopic (exact) mass is 380 g/mol. The molecule has 6 nitrogen and oxygen atoms in total. The average Bonchev–Trinajstić information content (AvgIpc) is 3.18. The number of aryl methyl sites for hydroxylation is 1. The first-order valence-electron chi connectivity index (χ1n) is 9.79. The second-order valence-electron chi connectivity index (χ2n) is 7.32. The van der Waals surface area contributed by atoms with Crippen LogP contribution in [0, 0.1) is 12.8 Å². The molecule has 6 heteroatoms. The minimum Gasteiger partial charge on any atom is -0.352 e. The van der Waals surface area contributed by atoms with Gasteiger partial charge in [0.15, 0.2) is 0 Å². The van der Waals surface area contributed by atoms with Crippen molar-refractivity contribution in [2.24, 2.45) is 5.92 Å². The molecule has 0 bridgehead atoms. The van der Waals surface area contributed by atoms with Gasteiger partial charge in [0.05, 0.1) is 0 Å². The minimum absolute atomic E-state index is 0.0717. The Morgan fingerprint density at radius 3 is 2.54 bits per heavy atom. The number of hydrogen-bond donors (Lipinski definition) is 4. The first-order chi connectivity index (χ1) is 13.6. The third-order valence-electron chi connectivity index (χ3n) is 4.89. The normalized spacial score (nSPS) is 15.8. The molecule has 0 radical (unpaired) electrons. The number of anilines is 2. The molecule has 1 heterocycles. The van der Waals surface area contributed by atoms with E-state index in [1.807, 2.05) is 55.5 Å². The summed E-state index contributed by atoms with van der Waals surface area (Å²) in [6.07, 6.45) is 2.65. The van der Waals surface area contributed by atoms with Crippen LogP contribution in [0.3, 0.4) is 0 Å². The molecule has 3 amide bonds. The van der Waals surface area contributed by atoms with Crippen LogP contribution in [-0.4, -0.2) is 25.0 Å². The summed E-state index contributed by atoms with van der Waals surface area (Å²) in [6, 6.07) is 14.8. The van der Waals surface area contributed by atoms with E-state index in [0.29, 0.717) is 24.6 Å². The van der Waals surface area contributed by atoms with Crippen LogP contribution in [0.4, 0.5) is 16.2 Å². The van der Waals surface area contributed by atoms with E-state index in [0.717, 1.165) is 42.7 Å². The van der Waals surface area contributed by atoms with Gasteiger partial charge in [-0.15, -0.1) is 0 Å². The lowest BCUT2D eigenvalue weighted by Crippen LogP contribution is -2.24. The molecule has 3 rings (SSSR count). The Morgan fingerprint density at radius 1 is 1.07 bits per heavy atom. The fraction of sp³-hybridized carbons (Fsp3) is 0.364. The number of rotatable bonds is 7. The van der Waals surface area contributed by atoms with Crippen molar-refractivity contribution in [3.63, 3.8) is 0 Å². The van der Waals surface area contributed by atoms with Crippen LogP contribution in [0.25, 0.3) is 0 Å². The van der Waals surface area contributed by atoms with E-state index in [-0.39, 0.29) is 11.9 Å². The summed E-state index contributed by atoms with van der Waals surface area (Å²) in [6.45, 7) is 4.51. The van der Waals surface area contributed by atoms with Crippen molar-refractivity contribution in [2.45, 2.75) is 32.7 Å². The zero-order valence-electron chi connectivity index (χ0n) is 16.3. The van der Waals surface area contributed by atoms with Gasteiger partial charge in [-0.05, 0) is 74.2 Å². The SMILES string of the molecule is Cc1cccc(NC(=O)Nc2cccc(CNC(=O)CCC3CCNC3)c2)c1. The van der Waals surface area contributed by atoms with Crippen LogP contribution in [0.15, 0.2) is 48.5 Å². The van der Waals surface area contributed by atoms with Gasteiger partial charge in [-0.1, -0.05) is 24.3 Å². The van der Waals surface area contributed by atoms with Crippen molar-refractivity contribution in [3.8, 4) is 0 Å². The van der Waals surface area contributed by atoms with Crippen LogP contribution in [0.2, 0.25) is 0 Å². The van der Waals surface area contributed by atoms with E-state index >= 15 is 0 Å². The summed E-state index contributed by atoms with van der Waals surface area (Å²) >= 11 is 0. The quantitative estimate of drug-likeness (QED) is 0.592. The molecule has 0 saturated carbocycles. The Balaban J connectivity index is 1.45. The first kappa shape index (κ1) is 19.9. The fourth-order valence-corrected chi connectivity index (χ4v) is 3.36. The summed E-state index contributed by atoms with van der Waals surface area (Å²) < 4.78 is 0. The van der Waals surface area contributed by atoms with Gasteiger partial charge in [-0.2, -0.15) is 0 Å². The molecule has 1 aliphatic heterocycles. The van der Waals surface area contributed by atoms with Gasteiger partial charge in [0.1, 0.15) is 0 Å². The molecule has 1 saturated heterocycles. The van der Waals surface area contributed by atoms with Crippen LogP contribution >= 0.6 is 0 Å². The standard InChI is InChI=1S/C22H28N4O2/c1-16-4-2-6-19(12-16)25-22(28)26-20-7-3-5-18(13-20)15-24-21(27)9-8-17-10-11-23-14-17/h2-7,12-13,17,23H,8-11,14-15H2,1H3,(H,24,27)(H2,25,26,28). The number of urea groups is 1. The Kier molecular flexibility index (Phi) is 7.03. The largest absolute Gasteiger partial charge is 0.352 e. The Morgan fingerprint density at radius 2 is 1.82 bits per heavy atom. The van der Waals surface area contributed by atoms with Crippen LogP contribution in [-0.2, 0) is 11.3 Å². The van der Waals surface area contributed by atoms with E-state index < -0.39 is 0 Å². The number of benzene rings is 2. The zero-order valence-corrected chi connectivity index (χ0v) is 16.3. The number of amides is 3. The van der Waals surface area contributed by atoms with Crippen LogP contribution in [0.5, 0.6) is 0 Å². The molecule has 2 aromatic carbocycles. The molecule has 4 N–H and O–H groups in total. The van der Waals surface area contributed by atoms with Gasteiger partial charge >= 0.3 is 6.03 Å². The van der Waals surface area contributed by atoms with Crippen molar-refractivity contribution in [3.05, 3.63) is 59.7 Å². The summed E-state index contributed by atoms with van der Waals surface area (Å²) in [5.41, 5.74) is 3.47.